The quantitative estimate of drug-likeness (QED) is 0.269. The Bertz CT molecular complexity index is 1020. The van der Waals surface area contributed by atoms with Crippen molar-refractivity contribution in [3.63, 3.8) is 0 Å². The highest BCUT2D eigenvalue weighted by molar-refractivity contribution is 5.92. The van der Waals surface area contributed by atoms with Gasteiger partial charge in [-0.25, -0.2) is 14.4 Å². The van der Waals surface area contributed by atoms with Gasteiger partial charge in [0, 0.05) is 18.9 Å². The largest absolute Gasteiger partial charge is 0.458 e. The molecular formula is C26H34FN4O3+. The molecule has 1 aromatic carbocycles. The molecule has 0 saturated heterocycles. The second kappa shape index (κ2) is 13.4. The van der Waals surface area contributed by atoms with E-state index in [2.05, 4.69) is 35.8 Å². The molecule has 2 aromatic rings. The van der Waals surface area contributed by atoms with E-state index in [4.69, 9.17) is 9.47 Å². The van der Waals surface area contributed by atoms with E-state index >= 15 is 0 Å². The van der Waals surface area contributed by atoms with Gasteiger partial charge in [-0.1, -0.05) is 6.58 Å². The second-order valence-electron chi connectivity index (χ2n) is 7.99. The van der Waals surface area contributed by atoms with E-state index in [1.165, 1.54) is 12.2 Å². The third-order valence-corrected chi connectivity index (χ3v) is 5.49. The topological polar surface area (TPSA) is 73.3 Å². The maximum absolute atomic E-state index is 12.8. The molecule has 0 fully saturated rings. The first-order valence-corrected chi connectivity index (χ1v) is 11.2. The lowest BCUT2D eigenvalue weighted by molar-refractivity contribution is -0.906. The molecule has 1 heterocycles. The number of ether oxygens (including phenoxy) is 2. The third kappa shape index (κ3) is 8.53. The lowest BCUT2D eigenvalue weighted by atomic mass is 10.2. The number of nitrogens with zero attached hydrogens (tertiary/aromatic N) is 3. The molecule has 1 unspecified atom stereocenters. The SMILES string of the molecule is C=C(F)C=CC(=CC)Oc1ccc(-c2nccc(C(=O)NCC[N+](C)(CC)CCOC)n2)cc1. The molecule has 1 N–H and O–H groups in total. The van der Waals surface area contributed by atoms with Crippen molar-refractivity contribution in [2.24, 2.45) is 0 Å². The van der Waals surface area contributed by atoms with Crippen molar-refractivity contribution in [1.29, 1.82) is 0 Å². The van der Waals surface area contributed by atoms with Gasteiger partial charge in [-0.15, -0.1) is 0 Å². The van der Waals surface area contributed by atoms with Crippen molar-refractivity contribution in [3.05, 3.63) is 78.6 Å². The number of likely N-dealkylation sites (N-methyl/N-ethyl adjacent to an activating group) is 1. The predicted molar refractivity (Wildman–Crippen MR) is 132 cm³/mol. The number of quaternary nitrogens is 1. The van der Waals surface area contributed by atoms with Crippen LogP contribution in [-0.4, -0.2) is 67.3 Å². The van der Waals surface area contributed by atoms with Crippen LogP contribution in [0.25, 0.3) is 11.4 Å². The molecule has 0 aliphatic heterocycles. The van der Waals surface area contributed by atoms with Crippen LogP contribution in [-0.2, 0) is 4.74 Å². The fraction of sp³-hybridized carbons (Fsp3) is 0.346. The molecule has 0 spiro atoms. The van der Waals surface area contributed by atoms with Gasteiger partial charge in [0.15, 0.2) is 5.82 Å². The van der Waals surface area contributed by atoms with Gasteiger partial charge in [0.25, 0.3) is 5.91 Å². The van der Waals surface area contributed by atoms with Crippen LogP contribution in [0.1, 0.15) is 24.3 Å². The number of methoxy groups -OCH3 is 1. The summed E-state index contributed by atoms with van der Waals surface area (Å²) in [5.74, 6) is 0.709. The number of allylic oxidation sites excluding steroid dienone is 4. The van der Waals surface area contributed by atoms with Crippen LogP contribution < -0.4 is 10.1 Å². The molecule has 0 aliphatic rings. The number of halogens is 1. The molecule has 0 bridgehead atoms. The van der Waals surface area contributed by atoms with Gasteiger partial charge in [-0.2, -0.15) is 0 Å². The van der Waals surface area contributed by atoms with Crippen molar-refractivity contribution in [3.8, 4) is 17.1 Å². The van der Waals surface area contributed by atoms with Gasteiger partial charge in [0.05, 0.1) is 33.3 Å². The Morgan fingerprint density at radius 1 is 1.21 bits per heavy atom. The van der Waals surface area contributed by atoms with Crippen molar-refractivity contribution in [2.45, 2.75) is 13.8 Å². The van der Waals surface area contributed by atoms with Crippen LogP contribution in [0, 0.1) is 0 Å². The fourth-order valence-electron chi connectivity index (χ4n) is 3.06. The predicted octanol–water partition coefficient (Wildman–Crippen LogP) is 4.31. The van der Waals surface area contributed by atoms with Crippen LogP contribution >= 0.6 is 0 Å². The average molecular weight is 470 g/mol. The van der Waals surface area contributed by atoms with Gasteiger partial charge in [-0.3, -0.25) is 4.79 Å². The third-order valence-electron chi connectivity index (χ3n) is 5.49. The summed E-state index contributed by atoms with van der Waals surface area (Å²) < 4.78 is 24.6. The summed E-state index contributed by atoms with van der Waals surface area (Å²) in [4.78, 5) is 21.3. The van der Waals surface area contributed by atoms with Gasteiger partial charge < -0.3 is 19.3 Å². The van der Waals surface area contributed by atoms with Crippen LogP contribution in [0.3, 0.4) is 0 Å². The Hall–Kier alpha value is -3.36. The molecule has 0 saturated carbocycles. The van der Waals surface area contributed by atoms with E-state index < -0.39 is 5.83 Å². The number of nitrogens with one attached hydrogen (secondary N) is 1. The summed E-state index contributed by atoms with van der Waals surface area (Å²) in [6.07, 6.45) is 6.02. The normalized spacial score (nSPS) is 13.5. The van der Waals surface area contributed by atoms with Crippen LogP contribution in [0.4, 0.5) is 4.39 Å². The maximum atomic E-state index is 12.8. The Morgan fingerprint density at radius 3 is 2.56 bits per heavy atom. The molecule has 1 aromatic heterocycles. The van der Waals surface area contributed by atoms with E-state index in [0.29, 0.717) is 36.2 Å². The summed E-state index contributed by atoms with van der Waals surface area (Å²) in [6.45, 7) is 11.0. The van der Waals surface area contributed by atoms with Crippen molar-refractivity contribution in [2.75, 3.05) is 46.9 Å². The Morgan fingerprint density at radius 2 is 1.94 bits per heavy atom. The molecule has 7 nitrogen and oxygen atoms in total. The van der Waals surface area contributed by atoms with E-state index in [1.54, 1.807) is 56.6 Å². The summed E-state index contributed by atoms with van der Waals surface area (Å²) in [7, 11) is 3.84. The lowest BCUT2D eigenvalue weighted by Crippen LogP contribution is -2.50. The van der Waals surface area contributed by atoms with Gasteiger partial charge in [-0.05, 0) is 62.4 Å². The molecular weight excluding hydrogens is 435 g/mol. The van der Waals surface area contributed by atoms with Crippen molar-refractivity contribution >= 4 is 5.91 Å². The minimum atomic E-state index is -0.552. The van der Waals surface area contributed by atoms with Crippen LogP contribution in [0.2, 0.25) is 0 Å². The van der Waals surface area contributed by atoms with E-state index in [1.807, 2.05) is 0 Å². The second-order valence-corrected chi connectivity index (χ2v) is 7.99. The number of carbonyl (C=O) groups excluding carboxylic acids is 1. The maximum Gasteiger partial charge on any atom is 0.270 e. The first kappa shape index (κ1) is 26.9. The zero-order valence-corrected chi connectivity index (χ0v) is 20.4. The minimum absolute atomic E-state index is 0.239. The number of amides is 1. The smallest absolute Gasteiger partial charge is 0.270 e. The number of hydrogen-bond donors (Lipinski definition) is 1. The number of benzene rings is 1. The van der Waals surface area contributed by atoms with E-state index in [9.17, 15) is 9.18 Å². The molecule has 8 heteroatoms. The molecule has 0 aliphatic carbocycles. The lowest BCUT2D eigenvalue weighted by Gasteiger charge is -2.33. The van der Waals surface area contributed by atoms with Gasteiger partial charge in [0.1, 0.15) is 29.6 Å². The fourth-order valence-corrected chi connectivity index (χ4v) is 3.06. The summed E-state index contributed by atoms with van der Waals surface area (Å²) in [5.41, 5.74) is 1.05. The standard InChI is InChI=1S/C26H33FN4O3/c1-6-22(11-8-20(3)27)34-23-12-9-21(10-13-23)25-28-15-14-24(30-25)26(32)29-16-17-31(4,7-2)18-19-33-5/h6,8-15H,3,7,16-19H2,1-2,4-5H3/p+1. The van der Waals surface area contributed by atoms with E-state index in [0.717, 1.165) is 29.7 Å². The highest BCUT2D eigenvalue weighted by Crippen LogP contribution is 2.21. The highest BCUT2D eigenvalue weighted by Gasteiger charge is 2.19. The first-order valence-electron chi connectivity index (χ1n) is 11.2. The Balaban J connectivity index is 2.01. The van der Waals surface area contributed by atoms with Crippen molar-refractivity contribution < 1.29 is 23.1 Å². The number of carbonyl (C=O) groups is 1. The monoisotopic (exact) mass is 469 g/mol. The molecule has 1 atom stereocenters. The highest BCUT2D eigenvalue weighted by atomic mass is 19.1. The Labute approximate surface area is 201 Å². The summed E-state index contributed by atoms with van der Waals surface area (Å²) in [5, 5.41) is 2.95. The van der Waals surface area contributed by atoms with Crippen LogP contribution in [0.15, 0.2) is 72.9 Å². The zero-order chi connectivity index (χ0) is 25.0. The molecule has 34 heavy (non-hydrogen) atoms. The molecule has 182 valence electrons. The minimum Gasteiger partial charge on any atom is -0.458 e. The Kier molecular flexibility index (Phi) is 10.6. The van der Waals surface area contributed by atoms with Crippen LogP contribution in [0.5, 0.6) is 5.75 Å². The van der Waals surface area contributed by atoms with Crippen molar-refractivity contribution in [1.82, 2.24) is 15.3 Å². The summed E-state index contributed by atoms with van der Waals surface area (Å²) >= 11 is 0. The zero-order valence-electron chi connectivity index (χ0n) is 20.4. The molecule has 0 radical (unpaired) electrons. The number of aromatic nitrogens is 2. The molecule has 1 amide bonds. The number of rotatable bonds is 13. The molecule has 2 rings (SSSR count). The first-order chi connectivity index (χ1) is 16.3. The summed E-state index contributed by atoms with van der Waals surface area (Å²) in [6, 6.07) is 8.72. The van der Waals surface area contributed by atoms with Gasteiger partial charge in [0.2, 0.25) is 0 Å². The van der Waals surface area contributed by atoms with Gasteiger partial charge >= 0.3 is 0 Å². The number of hydrogen-bond acceptors (Lipinski definition) is 5. The average Bonchev–Trinajstić information content (AvgIpc) is 2.85. The van der Waals surface area contributed by atoms with E-state index in [-0.39, 0.29) is 5.91 Å².